The van der Waals surface area contributed by atoms with Crippen molar-refractivity contribution in [1.82, 2.24) is 0 Å². The van der Waals surface area contributed by atoms with Crippen molar-refractivity contribution < 1.29 is 9.90 Å². The van der Waals surface area contributed by atoms with Gasteiger partial charge in [0.25, 0.3) is 0 Å². The maximum atomic E-state index is 10.9. The zero-order chi connectivity index (χ0) is 10.3. The summed E-state index contributed by atoms with van der Waals surface area (Å²) < 4.78 is 0.683. The first-order valence-electron chi connectivity index (χ1n) is 3.83. The fraction of sp³-hybridized carbons (Fsp3) is 0. The highest BCUT2D eigenvalue weighted by Gasteiger charge is 2.13. The van der Waals surface area contributed by atoms with Crippen molar-refractivity contribution in [2.45, 2.75) is 4.90 Å². The van der Waals surface area contributed by atoms with Crippen LogP contribution in [0, 0.1) is 0 Å². The topological polar surface area (TPSA) is 63.3 Å². The van der Waals surface area contributed by atoms with Crippen molar-refractivity contribution in [1.29, 1.82) is 0 Å². The van der Waals surface area contributed by atoms with Gasteiger partial charge in [0, 0.05) is 15.7 Å². The van der Waals surface area contributed by atoms with Crippen molar-refractivity contribution in [3.8, 4) is 0 Å². The standard InChI is InChI=1S/C9H7NO2S2/c10-5-3-14-8-4(9(11)12)1-2-6(13)7(5)8/h1-3,13H,10H2,(H,11,12). The van der Waals surface area contributed by atoms with E-state index in [1.54, 1.807) is 17.5 Å². The Labute approximate surface area is 89.6 Å². The Balaban J connectivity index is 2.90. The monoisotopic (exact) mass is 225 g/mol. The number of anilines is 1. The van der Waals surface area contributed by atoms with E-state index in [4.69, 9.17) is 10.8 Å². The summed E-state index contributed by atoms with van der Waals surface area (Å²) in [5, 5.41) is 11.4. The molecule has 0 unspecified atom stereocenters. The number of nitrogens with two attached hydrogens (primary N) is 1. The normalized spacial score (nSPS) is 10.6. The summed E-state index contributed by atoms with van der Waals surface area (Å²) in [6.45, 7) is 0. The molecule has 0 fully saturated rings. The SMILES string of the molecule is Nc1csc2c(C(=O)O)ccc(S)c12. The van der Waals surface area contributed by atoms with E-state index in [2.05, 4.69) is 12.6 Å². The summed E-state index contributed by atoms with van der Waals surface area (Å²) in [6, 6.07) is 3.20. The quantitative estimate of drug-likeness (QED) is 0.653. The molecule has 14 heavy (non-hydrogen) atoms. The predicted octanol–water partition coefficient (Wildman–Crippen LogP) is 2.47. The average molecular weight is 225 g/mol. The Morgan fingerprint density at radius 2 is 2.21 bits per heavy atom. The molecule has 0 atom stereocenters. The minimum atomic E-state index is -0.940. The van der Waals surface area contributed by atoms with Gasteiger partial charge in [0.1, 0.15) is 0 Å². The zero-order valence-electron chi connectivity index (χ0n) is 7.02. The summed E-state index contributed by atoms with van der Waals surface area (Å²) in [7, 11) is 0. The first kappa shape index (κ1) is 9.36. The Morgan fingerprint density at radius 1 is 1.50 bits per heavy atom. The van der Waals surface area contributed by atoms with Crippen LogP contribution in [-0.2, 0) is 0 Å². The molecule has 0 spiro atoms. The number of aromatic carboxylic acids is 1. The highest BCUT2D eigenvalue weighted by molar-refractivity contribution is 7.80. The molecule has 1 aromatic carbocycles. The number of fused-ring (bicyclic) bond motifs is 1. The van der Waals surface area contributed by atoms with E-state index in [1.165, 1.54) is 11.3 Å². The number of carbonyl (C=O) groups is 1. The van der Waals surface area contributed by atoms with Crippen LogP contribution in [0.4, 0.5) is 5.69 Å². The van der Waals surface area contributed by atoms with Gasteiger partial charge in [-0.25, -0.2) is 4.79 Å². The molecule has 0 aliphatic rings. The van der Waals surface area contributed by atoms with E-state index in [-0.39, 0.29) is 5.56 Å². The minimum absolute atomic E-state index is 0.277. The molecule has 0 aliphatic heterocycles. The van der Waals surface area contributed by atoms with Crippen LogP contribution in [0.2, 0.25) is 0 Å². The number of thiophene rings is 1. The fourth-order valence-corrected chi connectivity index (χ4v) is 2.71. The molecular formula is C9H7NO2S2. The average Bonchev–Trinajstić information content (AvgIpc) is 2.49. The van der Waals surface area contributed by atoms with Crippen molar-refractivity contribution in [2.75, 3.05) is 5.73 Å². The molecule has 3 N–H and O–H groups in total. The molecule has 0 amide bonds. The van der Waals surface area contributed by atoms with E-state index < -0.39 is 5.97 Å². The lowest BCUT2D eigenvalue weighted by atomic mass is 10.1. The lowest BCUT2D eigenvalue weighted by Crippen LogP contribution is -1.96. The van der Waals surface area contributed by atoms with E-state index in [1.807, 2.05) is 0 Å². The maximum Gasteiger partial charge on any atom is 0.337 e. The fourth-order valence-electron chi connectivity index (χ4n) is 1.32. The first-order chi connectivity index (χ1) is 6.61. The Bertz CT molecular complexity index is 519. The van der Waals surface area contributed by atoms with E-state index in [0.717, 1.165) is 5.39 Å². The predicted molar refractivity (Wildman–Crippen MR) is 60.4 cm³/mol. The number of benzene rings is 1. The molecule has 1 aromatic heterocycles. The van der Waals surface area contributed by atoms with E-state index in [9.17, 15) is 4.79 Å². The third-order valence-corrected chi connectivity index (χ3v) is 3.36. The molecule has 0 saturated heterocycles. The van der Waals surface area contributed by atoms with Gasteiger partial charge in [-0.05, 0) is 12.1 Å². The zero-order valence-corrected chi connectivity index (χ0v) is 8.73. The highest BCUT2D eigenvalue weighted by Crippen LogP contribution is 2.35. The van der Waals surface area contributed by atoms with Gasteiger partial charge in [0.15, 0.2) is 0 Å². The van der Waals surface area contributed by atoms with Crippen molar-refractivity contribution in [2.24, 2.45) is 0 Å². The van der Waals surface area contributed by atoms with Gasteiger partial charge in [-0.3, -0.25) is 0 Å². The third-order valence-electron chi connectivity index (χ3n) is 1.96. The summed E-state index contributed by atoms with van der Waals surface area (Å²) in [5.74, 6) is -0.940. The number of hydrogen-bond donors (Lipinski definition) is 3. The van der Waals surface area contributed by atoms with Crippen molar-refractivity contribution >= 4 is 45.7 Å². The van der Waals surface area contributed by atoms with Crippen LogP contribution in [0.25, 0.3) is 10.1 Å². The molecule has 3 nitrogen and oxygen atoms in total. The molecule has 0 aliphatic carbocycles. The number of nitrogen functional groups attached to an aromatic ring is 1. The van der Waals surface area contributed by atoms with Gasteiger partial charge >= 0.3 is 5.97 Å². The number of carboxylic acids is 1. The summed E-state index contributed by atoms with van der Waals surface area (Å²) in [4.78, 5) is 11.6. The van der Waals surface area contributed by atoms with Crippen LogP contribution in [0.3, 0.4) is 0 Å². The second kappa shape index (κ2) is 3.18. The lowest BCUT2D eigenvalue weighted by Gasteiger charge is -2.00. The van der Waals surface area contributed by atoms with Gasteiger partial charge in [0.2, 0.25) is 0 Å². The van der Waals surface area contributed by atoms with Gasteiger partial charge in [-0.2, -0.15) is 0 Å². The van der Waals surface area contributed by atoms with Gasteiger partial charge in [0.05, 0.1) is 16.0 Å². The minimum Gasteiger partial charge on any atom is -0.478 e. The number of hydrogen-bond acceptors (Lipinski definition) is 4. The smallest absolute Gasteiger partial charge is 0.337 e. The van der Waals surface area contributed by atoms with Gasteiger partial charge < -0.3 is 10.8 Å². The van der Waals surface area contributed by atoms with E-state index >= 15 is 0 Å². The number of carboxylic acid groups (broad SMARTS) is 1. The molecule has 0 saturated carbocycles. The van der Waals surface area contributed by atoms with E-state index in [0.29, 0.717) is 15.3 Å². The Morgan fingerprint density at radius 3 is 2.86 bits per heavy atom. The number of rotatable bonds is 1. The molecule has 2 aromatic rings. The Hall–Kier alpha value is -1.20. The molecule has 1 heterocycles. The second-order valence-electron chi connectivity index (χ2n) is 2.83. The van der Waals surface area contributed by atoms with Gasteiger partial charge in [-0.1, -0.05) is 0 Å². The van der Waals surface area contributed by atoms with Crippen LogP contribution in [0.15, 0.2) is 22.4 Å². The molecule has 72 valence electrons. The van der Waals surface area contributed by atoms with Crippen LogP contribution in [0.5, 0.6) is 0 Å². The molecule has 0 bridgehead atoms. The summed E-state index contributed by atoms with van der Waals surface area (Å²) in [6.07, 6.45) is 0. The first-order valence-corrected chi connectivity index (χ1v) is 5.16. The van der Waals surface area contributed by atoms with Crippen LogP contribution < -0.4 is 5.73 Å². The molecule has 5 heteroatoms. The maximum absolute atomic E-state index is 10.9. The highest BCUT2D eigenvalue weighted by atomic mass is 32.1. The molecule has 0 radical (unpaired) electrons. The van der Waals surface area contributed by atoms with Crippen LogP contribution >= 0.6 is 24.0 Å². The number of thiol groups is 1. The molecular weight excluding hydrogens is 218 g/mol. The van der Waals surface area contributed by atoms with Crippen LogP contribution in [0.1, 0.15) is 10.4 Å². The molecule has 2 rings (SSSR count). The Kier molecular flexibility index (Phi) is 2.13. The van der Waals surface area contributed by atoms with Crippen molar-refractivity contribution in [3.63, 3.8) is 0 Å². The summed E-state index contributed by atoms with van der Waals surface area (Å²) in [5.41, 5.74) is 6.57. The van der Waals surface area contributed by atoms with Crippen molar-refractivity contribution in [3.05, 3.63) is 23.1 Å². The van der Waals surface area contributed by atoms with Gasteiger partial charge in [-0.15, -0.1) is 24.0 Å². The summed E-state index contributed by atoms with van der Waals surface area (Å²) >= 11 is 5.56. The van der Waals surface area contributed by atoms with Crippen LogP contribution in [-0.4, -0.2) is 11.1 Å². The largest absolute Gasteiger partial charge is 0.478 e. The lowest BCUT2D eigenvalue weighted by molar-refractivity contribution is 0.0699. The third kappa shape index (κ3) is 1.25. The second-order valence-corrected chi connectivity index (χ2v) is 4.19.